The van der Waals surface area contributed by atoms with Gasteiger partial charge in [-0.05, 0) is 6.42 Å². The molecule has 0 amide bonds. The van der Waals surface area contributed by atoms with Crippen LogP contribution in [0.15, 0.2) is 23.3 Å². The Labute approximate surface area is 93.1 Å². The van der Waals surface area contributed by atoms with Crippen LogP contribution in [0.4, 0.5) is 5.82 Å². The van der Waals surface area contributed by atoms with Crippen molar-refractivity contribution in [3.8, 4) is 0 Å². The molecule has 2 aromatic heterocycles. The first-order chi connectivity index (χ1) is 7.88. The lowest BCUT2D eigenvalue weighted by Crippen LogP contribution is -2.07. The van der Waals surface area contributed by atoms with Gasteiger partial charge >= 0.3 is 0 Å². The summed E-state index contributed by atoms with van der Waals surface area (Å²) < 4.78 is 4.64. The van der Waals surface area contributed by atoms with Gasteiger partial charge in [0.15, 0.2) is 5.82 Å². The van der Waals surface area contributed by atoms with Crippen molar-refractivity contribution in [1.29, 1.82) is 0 Å². The fourth-order valence-electron chi connectivity index (χ4n) is 1.29. The predicted molar refractivity (Wildman–Crippen MR) is 57.9 cm³/mol. The number of hydrogen-bond donors (Lipinski definition) is 1. The molecule has 0 bridgehead atoms. The highest BCUT2D eigenvalue weighted by Crippen LogP contribution is 2.04. The normalized spacial score (nSPS) is 10.3. The monoisotopic (exact) mass is 219 g/mol. The molecule has 0 aliphatic heterocycles. The van der Waals surface area contributed by atoms with Gasteiger partial charge in [0.05, 0.1) is 0 Å². The fourth-order valence-corrected chi connectivity index (χ4v) is 1.29. The van der Waals surface area contributed by atoms with Gasteiger partial charge in [-0.1, -0.05) is 12.1 Å². The van der Waals surface area contributed by atoms with E-state index in [2.05, 4.69) is 36.9 Å². The summed E-state index contributed by atoms with van der Waals surface area (Å²) in [5, 5.41) is 6.91. The first-order valence-corrected chi connectivity index (χ1v) is 5.18. The third-order valence-electron chi connectivity index (χ3n) is 2.15. The van der Waals surface area contributed by atoms with E-state index in [9.17, 15) is 0 Å². The molecule has 0 aromatic carbocycles. The smallest absolute Gasteiger partial charge is 0.213 e. The third kappa shape index (κ3) is 2.75. The van der Waals surface area contributed by atoms with E-state index in [1.165, 1.54) is 6.39 Å². The molecule has 0 atom stereocenters. The Morgan fingerprint density at radius 3 is 3.00 bits per heavy atom. The van der Waals surface area contributed by atoms with Crippen molar-refractivity contribution >= 4 is 5.82 Å². The summed E-state index contributed by atoms with van der Waals surface area (Å²) in [4.78, 5) is 12.2. The summed E-state index contributed by atoms with van der Waals surface area (Å²) in [7, 11) is 0. The number of aromatic nitrogens is 4. The van der Waals surface area contributed by atoms with Crippen LogP contribution in [0.5, 0.6) is 0 Å². The van der Waals surface area contributed by atoms with Gasteiger partial charge < -0.3 is 9.84 Å². The van der Waals surface area contributed by atoms with Gasteiger partial charge in [0.2, 0.25) is 6.39 Å². The van der Waals surface area contributed by atoms with Crippen LogP contribution < -0.4 is 5.32 Å². The largest absolute Gasteiger partial charge is 0.370 e. The summed E-state index contributed by atoms with van der Waals surface area (Å²) in [5.74, 6) is 1.52. The summed E-state index contributed by atoms with van der Waals surface area (Å²) in [5.41, 5.74) is 1.03. The van der Waals surface area contributed by atoms with E-state index in [1.54, 1.807) is 6.33 Å². The predicted octanol–water partition coefficient (Wildman–Crippen LogP) is 1.08. The summed E-state index contributed by atoms with van der Waals surface area (Å²) in [6.45, 7) is 2.78. The molecular formula is C10H13N5O. The summed E-state index contributed by atoms with van der Waals surface area (Å²) >= 11 is 0. The van der Waals surface area contributed by atoms with Crippen LogP contribution in [0.25, 0.3) is 0 Å². The van der Waals surface area contributed by atoms with Crippen LogP contribution in [0, 0.1) is 0 Å². The van der Waals surface area contributed by atoms with E-state index in [0.717, 1.165) is 24.5 Å². The Morgan fingerprint density at radius 2 is 2.25 bits per heavy atom. The van der Waals surface area contributed by atoms with Crippen LogP contribution >= 0.6 is 0 Å². The molecule has 2 rings (SSSR count). The van der Waals surface area contributed by atoms with Gasteiger partial charge in [-0.15, -0.1) is 0 Å². The van der Waals surface area contributed by atoms with Crippen molar-refractivity contribution in [2.75, 3.05) is 11.9 Å². The molecule has 84 valence electrons. The molecule has 0 radical (unpaired) electrons. The van der Waals surface area contributed by atoms with Gasteiger partial charge in [-0.25, -0.2) is 9.97 Å². The molecule has 1 N–H and O–H groups in total. The lowest BCUT2D eigenvalue weighted by atomic mass is 10.3. The Hall–Kier alpha value is -1.98. The highest BCUT2D eigenvalue weighted by atomic mass is 16.5. The highest BCUT2D eigenvalue weighted by Gasteiger charge is 1.99. The Balaban J connectivity index is 1.85. The maximum absolute atomic E-state index is 4.64. The van der Waals surface area contributed by atoms with E-state index in [0.29, 0.717) is 12.2 Å². The van der Waals surface area contributed by atoms with Gasteiger partial charge in [0, 0.05) is 24.7 Å². The van der Waals surface area contributed by atoms with Crippen molar-refractivity contribution in [3.63, 3.8) is 0 Å². The molecule has 0 aliphatic carbocycles. The maximum Gasteiger partial charge on any atom is 0.213 e. The van der Waals surface area contributed by atoms with Gasteiger partial charge in [-0.3, -0.25) is 0 Å². The van der Waals surface area contributed by atoms with Crippen molar-refractivity contribution in [2.24, 2.45) is 0 Å². The van der Waals surface area contributed by atoms with Crippen molar-refractivity contribution in [1.82, 2.24) is 20.1 Å². The molecule has 0 aliphatic rings. The molecule has 2 aromatic rings. The van der Waals surface area contributed by atoms with Crippen LogP contribution in [0.2, 0.25) is 0 Å². The minimum Gasteiger partial charge on any atom is -0.370 e. The van der Waals surface area contributed by atoms with Crippen LogP contribution in [-0.4, -0.2) is 26.7 Å². The standard InChI is InChI=1S/C10H13N5O/c1-2-8-5-10(13-6-12-8)11-4-3-9-14-7-16-15-9/h5-7H,2-4H2,1H3,(H,11,12,13). The minimum atomic E-state index is 0.692. The summed E-state index contributed by atoms with van der Waals surface area (Å²) in [6.07, 6.45) is 4.51. The molecule has 6 heteroatoms. The Bertz CT molecular complexity index is 429. The average Bonchev–Trinajstić information content (AvgIpc) is 2.82. The number of nitrogens with one attached hydrogen (secondary N) is 1. The Kier molecular flexibility index (Phi) is 3.42. The first-order valence-electron chi connectivity index (χ1n) is 5.18. The number of rotatable bonds is 5. The molecule has 0 spiro atoms. The minimum absolute atomic E-state index is 0.692. The lowest BCUT2D eigenvalue weighted by molar-refractivity contribution is 0.410. The first kappa shape index (κ1) is 10.5. The van der Waals surface area contributed by atoms with E-state index in [4.69, 9.17) is 0 Å². The molecule has 6 nitrogen and oxygen atoms in total. The topological polar surface area (TPSA) is 76.7 Å². The van der Waals surface area contributed by atoms with E-state index < -0.39 is 0 Å². The van der Waals surface area contributed by atoms with E-state index >= 15 is 0 Å². The lowest BCUT2D eigenvalue weighted by Gasteiger charge is -2.04. The van der Waals surface area contributed by atoms with E-state index in [-0.39, 0.29) is 0 Å². The average molecular weight is 219 g/mol. The van der Waals surface area contributed by atoms with Crippen LogP contribution in [0.1, 0.15) is 18.4 Å². The summed E-state index contributed by atoms with van der Waals surface area (Å²) in [6, 6.07) is 1.94. The third-order valence-corrected chi connectivity index (χ3v) is 2.15. The van der Waals surface area contributed by atoms with Gasteiger partial charge in [-0.2, -0.15) is 4.98 Å². The second kappa shape index (κ2) is 5.20. The van der Waals surface area contributed by atoms with Crippen molar-refractivity contribution < 1.29 is 4.52 Å². The fraction of sp³-hybridized carbons (Fsp3) is 0.400. The highest BCUT2D eigenvalue weighted by molar-refractivity contribution is 5.34. The quantitative estimate of drug-likeness (QED) is 0.810. The number of anilines is 1. The SMILES string of the molecule is CCc1cc(NCCc2ncon2)ncn1. The van der Waals surface area contributed by atoms with Crippen LogP contribution in [-0.2, 0) is 12.8 Å². The molecule has 16 heavy (non-hydrogen) atoms. The molecule has 0 fully saturated rings. The molecule has 2 heterocycles. The zero-order chi connectivity index (χ0) is 11.2. The second-order valence-corrected chi connectivity index (χ2v) is 3.27. The zero-order valence-electron chi connectivity index (χ0n) is 9.05. The van der Waals surface area contributed by atoms with E-state index in [1.807, 2.05) is 6.07 Å². The number of aryl methyl sites for hydroxylation is 1. The van der Waals surface area contributed by atoms with Gasteiger partial charge in [0.1, 0.15) is 12.1 Å². The second-order valence-electron chi connectivity index (χ2n) is 3.27. The molecule has 0 saturated heterocycles. The maximum atomic E-state index is 4.64. The number of hydrogen-bond acceptors (Lipinski definition) is 6. The van der Waals surface area contributed by atoms with Crippen molar-refractivity contribution in [2.45, 2.75) is 19.8 Å². The molecular weight excluding hydrogens is 206 g/mol. The number of nitrogens with zero attached hydrogens (tertiary/aromatic N) is 4. The molecule has 0 saturated carbocycles. The van der Waals surface area contributed by atoms with Gasteiger partial charge in [0.25, 0.3) is 0 Å². The molecule has 0 unspecified atom stereocenters. The Morgan fingerprint density at radius 1 is 1.31 bits per heavy atom. The van der Waals surface area contributed by atoms with Crippen LogP contribution in [0.3, 0.4) is 0 Å². The zero-order valence-corrected chi connectivity index (χ0v) is 9.05. The van der Waals surface area contributed by atoms with Crippen molar-refractivity contribution in [3.05, 3.63) is 30.3 Å².